The van der Waals surface area contributed by atoms with Crippen LogP contribution in [0.3, 0.4) is 0 Å². The number of aromatic nitrogens is 1. The Kier molecular flexibility index (Phi) is 5.63. The first-order valence-corrected chi connectivity index (χ1v) is 8.70. The second-order valence-corrected chi connectivity index (χ2v) is 6.52. The van der Waals surface area contributed by atoms with Crippen molar-refractivity contribution >= 4 is 28.1 Å². The van der Waals surface area contributed by atoms with E-state index in [1.165, 1.54) is 23.7 Å². The first-order chi connectivity index (χ1) is 11.7. The molecular weight excluding hydrogens is 351 g/mol. The largest absolute Gasteiger partial charge is 0.379 e. The average molecular weight is 367 g/mol. The van der Waals surface area contributed by atoms with E-state index in [-0.39, 0.29) is 17.0 Å². The monoisotopic (exact) mass is 366 g/mol. The highest BCUT2D eigenvalue weighted by Crippen LogP contribution is 2.29. The number of nitriles is 1. The Morgan fingerprint density at radius 3 is 2.75 bits per heavy atom. The highest BCUT2D eigenvalue weighted by Gasteiger charge is 2.23. The summed E-state index contributed by atoms with van der Waals surface area (Å²) >= 11 is 7.08. The Hall–Kier alpha value is -1.72. The van der Waals surface area contributed by atoms with E-state index in [1.807, 2.05) is 0 Å². The van der Waals surface area contributed by atoms with Crippen molar-refractivity contribution in [2.75, 3.05) is 38.2 Å². The molecule has 1 aromatic carbocycles. The van der Waals surface area contributed by atoms with E-state index in [4.69, 9.17) is 16.3 Å². The van der Waals surface area contributed by atoms with Crippen LogP contribution in [-0.4, -0.2) is 42.1 Å². The van der Waals surface area contributed by atoms with Gasteiger partial charge in [-0.05, 0) is 29.2 Å². The second kappa shape index (κ2) is 7.90. The predicted octanol–water partition coefficient (Wildman–Crippen LogP) is 3.29. The predicted molar refractivity (Wildman–Crippen MR) is 91.9 cm³/mol. The van der Waals surface area contributed by atoms with Gasteiger partial charge in [0.1, 0.15) is 22.5 Å². The lowest BCUT2D eigenvalue weighted by molar-refractivity contribution is 0.0187. The van der Waals surface area contributed by atoms with Gasteiger partial charge in [-0.3, -0.25) is 4.90 Å². The Morgan fingerprint density at radius 1 is 1.38 bits per heavy atom. The van der Waals surface area contributed by atoms with Crippen molar-refractivity contribution in [1.82, 2.24) is 9.27 Å². The summed E-state index contributed by atoms with van der Waals surface area (Å²) in [6.07, 6.45) is 0. The Bertz CT molecular complexity index is 725. The van der Waals surface area contributed by atoms with Gasteiger partial charge in [0.2, 0.25) is 0 Å². The Labute approximate surface area is 148 Å². The van der Waals surface area contributed by atoms with Crippen molar-refractivity contribution < 1.29 is 9.13 Å². The molecule has 1 aliphatic heterocycles. The van der Waals surface area contributed by atoms with Crippen LogP contribution in [0.4, 0.5) is 9.39 Å². The zero-order valence-corrected chi connectivity index (χ0v) is 14.4. The number of hydrogen-bond acceptors (Lipinski definition) is 6. The fourth-order valence-corrected chi connectivity index (χ4v) is 3.65. The molecule has 0 bridgehead atoms. The number of nitrogens with zero attached hydrogens (tertiary/aromatic N) is 3. The smallest absolute Gasteiger partial charge is 0.162 e. The first-order valence-electron chi connectivity index (χ1n) is 7.55. The molecule has 5 nitrogen and oxygen atoms in total. The van der Waals surface area contributed by atoms with Gasteiger partial charge >= 0.3 is 0 Å². The summed E-state index contributed by atoms with van der Waals surface area (Å²) < 4.78 is 22.7. The molecule has 2 aromatic rings. The van der Waals surface area contributed by atoms with Gasteiger partial charge < -0.3 is 10.1 Å². The van der Waals surface area contributed by atoms with Gasteiger partial charge in [0.05, 0.1) is 19.3 Å². The molecular formula is C16H16ClFN4OS. The number of benzene rings is 1. The molecule has 2 heterocycles. The molecule has 8 heteroatoms. The molecule has 1 atom stereocenters. The summed E-state index contributed by atoms with van der Waals surface area (Å²) in [4.78, 5) is 2.29. The zero-order chi connectivity index (χ0) is 16.9. The van der Waals surface area contributed by atoms with Crippen molar-refractivity contribution in [1.29, 1.82) is 5.26 Å². The summed E-state index contributed by atoms with van der Waals surface area (Å²) in [5.41, 5.74) is 1.38. The maximum Gasteiger partial charge on any atom is 0.162 e. The van der Waals surface area contributed by atoms with Crippen molar-refractivity contribution in [2.24, 2.45) is 0 Å². The molecule has 3 rings (SSSR count). The van der Waals surface area contributed by atoms with E-state index >= 15 is 0 Å². The van der Waals surface area contributed by atoms with E-state index < -0.39 is 0 Å². The van der Waals surface area contributed by atoms with Crippen LogP contribution in [0.5, 0.6) is 0 Å². The van der Waals surface area contributed by atoms with E-state index in [9.17, 15) is 9.65 Å². The third-order valence-corrected chi connectivity index (χ3v) is 5.14. The minimum atomic E-state index is -0.256. The molecule has 1 saturated heterocycles. The van der Waals surface area contributed by atoms with Crippen molar-refractivity contribution in [3.63, 3.8) is 0 Å². The van der Waals surface area contributed by atoms with Gasteiger partial charge in [-0.1, -0.05) is 23.7 Å². The lowest BCUT2D eigenvalue weighted by Gasteiger charge is -2.35. The topological polar surface area (TPSA) is 61.2 Å². The van der Waals surface area contributed by atoms with Crippen LogP contribution in [0.1, 0.15) is 17.2 Å². The molecule has 1 fully saturated rings. The summed E-state index contributed by atoms with van der Waals surface area (Å²) in [6, 6.07) is 8.63. The molecule has 1 aliphatic rings. The minimum Gasteiger partial charge on any atom is -0.379 e. The summed E-state index contributed by atoms with van der Waals surface area (Å²) in [5, 5.41) is 13.3. The van der Waals surface area contributed by atoms with Crippen molar-refractivity contribution in [3.05, 3.63) is 46.4 Å². The number of morpholine rings is 1. The fourth-order valence-electron chi connectivity index (χ4n) is 2.71. The maximum absolute atomic E-state index is 13.2. The lowest BCUT2D eigenvalue weighted by Crippen LogP contribution is -2.41. The van der Waals surface area contributed by atoms with E-state index in [0.717, 1.165) is 18.7 Å². The Morgan fingerprint density at radius 2 is 2.08 bits per heavy atom. The van der Waals surface area contributed by atoms with Gasteiger partial charge in [0.15, 0.2) is 5.15 Å². The molecule has 0 spiro atoms. The minimum absolute atomic E-state index is 0.0434. The number of halogens is 2. The van der Waals surface area contributed by atoms with Gasteiger partial charge in [0, 0.05) is 19.6 Å². The number of ether oxygens (including phenoxy) is 1. The molecule has 0 aliphatic carbocycles. The Balaban J connectivity index is 1.79. The molecule has 1 N–H and O–H groups in total. The molecule has 0 unspecified atom stereocenters. The van der Waals surface area contributed by atoms with Crippen LogP contribution in [-0.2, 0) is 4.74 Å². The van der Waals surface area contributed by atoms with Crippen LogP contribution in [0.25, 0.3) is 0 Å². The third kappa shape index (κ3) is 3.84. The second-order valence-electron chi connectivity index (χ2n) is 5.39. The molecule has 126 valence electrons. The normalized spacial score (nSPS) is 16.5. The third-order valence-electron chi connectivity index (χ3n) is 3.96. The molecule has 24 heavy (non-hydrogen) atoms. The number of nitrogens with one attached hydrogen (secondary N) is 1. The van der Waals surface area contributed by atoms with Crippen molar-refractivity contribution in [2.45, 2.75) is 6.04 Å². The number of rotatable bonds is 5. The standard InChI is InChI=1S/C16H16ClFN4OS/c17-15-13(9-19)16(24-21-15)20-10-14(22-5-7-23-8-6-22)11-1-3-12(18)4-2-11/h1-4,14,20H,5-8,10H2/t14-/m1/s1. The maximum atomic E-state index is 13.2. The summed E-state index contributed by atoms with van der Waals surface area (Å²) in [6.45, 7) is 3.52. The lowest BCUT2D eigenvalue weighted by atomic mass is 10.0. The van der Waals surface area contributed by atoms with Crippen molar-refractivity contribution in [3.8, 4) is 6.07 Å². The van der Waals surface area contributed by atoms with E-state index in [1.54, 1.807) is 12.1 Å². The van der Waals surface area contributed by atoms with Gasteiger partial charge in [-0.25, -0.2) is 4.39 Å². The number of hydrogen-bond donors (Lipinski definition) is 1. The quantitative estimate of drug-likeness (QED) is 0.879. The zero-order valence-electron chi connectivity index (χ0n) is 12.8. The fraction of sp³-hybridized carbons (Fsp3) is 0.375. The SMILES string of the molecule is N#Cc1c(Cl)nsc1NC[C@H](c1ccc(F)cc1)N1CCOCC1. The van der Waals surface area contributed by atoms with Crippen LogP contribution in [0.2, 0.25) is 5.15 Å². The van der Waals surface area contributed by atoms with Crippen LogP contribution < -0.4 is 5.32 Å². The molecule has 0 saturated carbocycles. The van der Waals surface area contributed by atoms with Gasteiger partial charge in [0.25, 0.3) is 0 Å². The highest BCUT2D eigenvalue weighted by molar-refractivity contribution is 7.10. The van der Waals surface area contributed by atoms with Gasteiger partial charge in [-0.2, -0.15) is 9.64 Å². The average Bonchev–Trinajstić information content (AvgIpc) is 2.97. The van der Waals surface area contributed by atoms with Gasteiger partial charge in [-0.15, -0.1) is 0 Å². The van der Waals surface area contributed by atoms with Crippen LogP contribution in [0, 0.1) is 17.1 Å². The van der Waals surface area contributed by atoms with Crippen LogP contribution in [0.15, 0.2) is 24.3 Å². The molecule has 0 amide bonds. The van der Waals surface area contributed by atoms with Crippen LogP contribution >= 0.6 is 23.1 Å². The molecule has 1 aromatic heterocycles. The number of anilines is 1. The highest BCUT2D eigenvalue weighted by atomic mass is 35.5. The first kappa shape index (κ1) is 17.1. The molecule has 0 radical (unpaired) electrons. The van der Waals surface area contributed by atoms with E-state index in [0.29, 0.717) is 30.3 Å². The summed E-state index contributed by atoms with van der Waals surface area (Å²) in [7, 11) is 0. The van der Waals surface area contributed by atoms with E-state index in [2.05, 4.69) is 20.7 Å². The summed E-state index contributed by atoms with van der Waals surface area (Å²) in [5.74, 6) is -0.256.